The molecule has 0 aliphatic carbocycles. The third-order valence-electron chi connectivity index (χ3n) is 5.50. The topological polar surface area (TPSA) is 100 Å². The van der Waals surface area contributed by atoms with Crippen molar-refractivity contribution in [2.45, 2.75) is 48.6 Å². The van der Waals surface area contributed by atoms with E-state index in [0.29, 0.717) is 36.0 Å². The van der Waals surface area contributed by atoms with E-state index in [-0.39, 0.29) is 23.3 Å². The van der Waals surface area contributed by atoms with Crippen LogP contribution < -0.4 is 10.6 Å². The van der Waals surface area contributed by atoms with Gasteiger partial charge >= 0.3 is 0 Å². The van der Waals surface area contributed by atoms with E-state index in [4.69, 9.17) is 4.42 Å². The van der Waals surface area contributed by atoms with Crippen LogP contribution in [0.4, 0.5) is 10.8 Å². The van der Waals surface area contributed by atoms with Gasteiger partial charge in [0.25, 0.3) is 5.91 Å². The minimum Gasteiger partial charge on any atom is -0.444 e. The lowest BCUT2D eigenvalue weighted by atomic mass is 9.94. The van der Waals surface area contributed by atoms with Gasteiger partial charge in [0.1, 0.15) is 5.76 Å². The van der Waals surface area contributed by atoms with E-state index in [0.717, 1.165) is 21.5 Å². The fourth-order valence-electron chi connectivity index (χ4n) is 3.56. The van der Waals surface area contributed by atoms with E-state index < -0.39 is 0 Å². The van der Waals surface area contributed by atoms with Crippen LogP contribution >= 0.6 is 23.1 Å². The van der Waals surface area contributed by atoms with Crippen molar-refractivity contribution in [3.63, 3.8) is 0 Å². The predicted octanol–water partition coefficient (Wildman–Crippen LogP) is 5.17. The Labute approximate surface area is 213 Å². The van der Waals surface area contributed by atoms with Gasteiger partial charge in [0.2, 0.25) is 11.8 Å². The largest absolute Gasteiger partial charge is 0.444 e. The zero-order valence-corrected chi connectivity index (χ0v) is 21.7. The van der Waals surface area contributed by atoms with Gasteiger partial charge in [0.15, 0.2) is 5.13 Å². The first-order chi connectivity index (χ1) is 16.7. The number of aromatic nitrogens is 2. The molecule has 2 aromatic heterocycles. The molecule has 1 saturated heterocycles. The molecule has 1 aromatic carbocycles. The smallest absolute Gasteiger partial charge is 0.253 e. The monoisotopic (exact) mass is 511 g/mol. The standard InChI is InChI=1S/C25H29N5O3S2/c1-5-20(31)28-17-8-6-16(7-9-17)23(32)30-11-10-18(14-30)29-24-27-13-22(35-24)34-15-21-26-12-19(33-21)25(2,3)4/h5-9,12-13,18H,1,10-11,14-15H2,2-4H3,(H,27,29)(H,28,31). The molecule has 0 radical (unpaired) electrons. The molecule has 1 unspecified atom stereocenters. The number of thioether (sulfide) groups is 1. The summed E-state index contributed by atoms with van der Waals surface area (Å²) < 4.78 is 6.94. The lowest BCUT2D eigenvalue weighted by Gasteiger charge is -2.17. The Morgan fingerprint density at radius 3 is 2.71 bits per heavy atom. The summed E-state index contributed by atoms with van der Waals surface area (Å²) in [6.45, 7) is 11.0. The summed E-state index contributed by atoms with van der Waals surface area (Å²) in [4.78, 5) is 35.0. The number of anilines is 2. The minimum absolute atomic E-state index is 0.0214. The number of hydrogen-bond acceptors (Lipinski definition) is 8. The van der Waals surface area contributed by atoms with Gasteiger partial charge < -0.3 is 20.0 Å². The van der Waals surface area contributed by atoms with Crippen LogP contribution in [-0.4, -0.2) is 45.8 Å². The molecule has 2 N–H and O–H groups in total. The van der Waals surface area contributed by atoms with Crippen LogP contribution in [0, 0.1) is 0 Å². The summed E-state index contributed by atoms with van der Waals surface area (Å²) in [5.74, 6) is 1.94. The molecule has 0 saturated carbocycles. The van der Waals surface area contributed by atoms with E-state index in [9.17, 15) is 9.59 Å². The number of benzene rings is 1. The normalized spacial score (nSPS) is 15.7. The molecule has 10 heteroatoms. The molecule has 1 aliphatic rings. The van der Waals surface area contributed by atoms with Crippen molar-refractivity contribution in [3.8, 4) is 0 Å². The van der Waals surface area contributed by atoms with E-state index >= 15 is 0 Å². The van der Waals surface area contributed by atoms with Crippen molar-refractivity contribution in [2.24, 2.45) is 0 Å². The summed E-state index contributed by atoms with van der Waals surface area (Å²) in [6.07, 6.45) is 5.72. The van der Waals surface area contributed by atoms with Crippen LogP contribution in [0.15, 0.2) is 57.9 Å². The van der Waals surface area contributed by atoms with Gasteiger partial charge in [-0.25, -0.2) is 9.97 Å². The van der Waals surface area contributed by atoms with Crippen LogP contribution in [-0.2, 0) is 16.0 Å². The Balaban J connectivity index is 1.26. The molecule has 4 rings (SSSR count). The Morgan fingerprint density at radius 2 is 2.03 bits per heavy atom. The van der Waals surface area contributed by atoms with Crippen molar-refractivity contribution in [1.29, 1.82) is 0 Å². The number of oxazole rings is 1. The molecule has 1 atom stereocenters. The van der Waals surface area contributed by atoms with E-state index in [1.165, 1.54) is 6.08 Å². The third kappa shape index (κ3) is 6.52. The van der Waals surface area contributed by atoms with Gasteiger partial charge in [-0.3, -0.25) is 9.59 Å². The molecule has 2 amide bonds. The number of carbonyl (C=O) groups excluding carboxylic acids is 2. The fraction of sp³-hybridized carbons (Fsp3) is 0.360. The van der Waals surface area contributed by atoms with Crippen LogP contribution in [0.1, 0.15) is 49.2 Å². The summed E-state index contributed by atoms with van der Waals surface area (Å²) in [5.41, 5.74) is 1.17. The number of nitrogens with one attached hydrogen (secondary N) is 2. The molecule has 3 heterocycles. The lowest BCUT2D eigenvalue weighted by molar-refractivity contribution is -0.111. The summed E-state index contributed by atoms with van der Waals surface area (Å²) in [5, 5.41) is 6.99. The molecule has 0 spiro atoms. The second kappa shape index (κ2) is 10.7. The number of likely N-dealkylation sites (tertiary alicyclic amines) is 1. The van der Waals surface area contributed by atoms with Crippen LogP contribution in [0.2, 0.25) is 0 Å². The number of carbonyl (C=O) groups is 2. The SMILES string of the molecule is C=CC(=O)Nc1ccc(C(=O)N2CCC(Nc3ncc(SCc4ncc(C(C)(C)C)o4)s3)C2)cc1. The highest BCUT2D eigenvalue weighted by Crippen LogP contribution is 2.32. The van der Waals surface area contributed by atoms with Gasteiger partial charge in [-0.2, -0.15) is 0 Å². The number of amides is 2. The van der Waals surface area contributed by atoms with Gasteiger partial charge in [-0.1, -0.05) is 38.7 Å². The Morgan fingerprint density at radius 1 is 1.26 bits per heavy atom. The maximum absolute atomic E-state index is 12.9. The molecule has 35 heavy (non-hydrogen) atoms. The molecule has 8 nitrogen and oxygen atoms in total. The summed E-state index contributed by atoms with van der Waals surface area (Å²) in [6, 6.07) is 7.04. The van der Waals surface area contributed by atoms with Crippen molar-refractivity contribution in [3.05, 3.63) is 66.5 Å². The number of hydrogen-bond donors (Lipinski definition) is 2. The molecule has 184 valence electrons. The van der Waals surface area contributed by atoms with Crippen LogP contribution in [0.5, 0.6) is 0 Å². The van der Waals surface area contributed by atoms with E-state index in [2.05, 4.69) is 48.0 Å². The van der Waals surface area contributed by atoms with Gasteiger partial charge in [-0.15, -0.1) is 11.8 Å². The first-order valence-electron chi connectivity index (χ1n) is 11.3. The summed E-state index contributed by atoms with van der Waals surface area (Å²) in [7, 11) is 0. The van der Waals surface area contributed by atoms with Gasteiger partial charge in [0, 0.05) is 35.8 Å². The first-order valence-corrected chi connectivity index (χ1v) is 13.1. The lowest BCUT2D eigenvalue weighted by Crippen LogP contribution is -2.31. The zero-order chi connectivity index (χ0) is 25.0. The Kier molecular flexibility index (Phi) is 7.61. The Bertz CT molecular complexity index is 1200. The first kappa shape index (κ1) is 25.0. The van der Waals surface area contributed by atoms with Crippen molar-refractivity contribution < 1.29 is 14.0 Å². The number of thiazole rings is 1. The van der Waals surface area contributed by atoms with Crippen LogP contribution in [0.3, 0.4) is 0 Å². The van der Waals surface area contributed by atoms with Crippen molar-refractivity contribution >= 4 is 45.7 Å². The molecule has 1 fully saturated rings. The maximum Gasteiger partial charge on any atom is 0.253 e. The summed E-state index contributed by atoms with van der Waals surface area (Å²) >= 11 is 3.24. The predicted molar refractivity (Wildman–Crippen MR) is 140 cm³/mol. The Hall–Kier alpha value is -3.11. The van der Waals surface area contributed by atoms with Crippen molar-refractivity contribution in [2.75, 3.05) is 23.7 Å². The fourth-order valence-corrected chi connectivity index (χ4v) is 5.36. The third-order valence-corrected chi connectivity index (χ3v) is 7.61. The van der Waals surface area contributed by atoms with Crippen molar-refractivity contribution in [1.82, 2.24) is 14.9 Å². The van der Waals surface area contributed by atoms with E-state index in [1.54, 1.807) is 53.6 Å². The second-order valence-corrected chi connectivity index (χ2v) is 11.6. The van der Waals surface area contributed by atoms with Gasteiger partial charge in [-0.05, 0) is 36.8 Å². The molecular formula is C25H29N5O3S2. The average Bonchev–Trinajstić information content (AvgIpc) is 3.59. The molecule has 1 aliphatic heterocycles. The zero-order valence-electron chi connectivity index (χ0n) is 20.0. The molecule has 0 bridgehead atoms. The molecule has 3 aromatic rings. The average molecular weight is 512 g/mol. The van der Waals surface area contributed by atoms with Gasteiger partial charge in [0.05, 0.1) is 22.4 Å². The minimum atomic E-state index is -0.284. The quantitative estimate of drug-likeness (QED) is 0.318. The number of nitrogens with zero attached hydrogens (tertiary/aromatic N) is 3. The van der Waals surface area contributed by atoms with Crippen LogP contribution in [0.25, 0.3) is 0 Å². The highest BCUT2D eigenvalue weighted by molar-refractivity contribution is 8.00. The number of rotatable bonds is 8. The highest BCUT2D eigenvalue weighted by Gasteiger charge is 2.27. The molecular weight excluding hydrogens is 482 g/mol. The maximum atomic E-state index is 12.9. The van der Waals surface area contributed by atoms with E-state index in [1.807, 2.05) is 11.1 Å². The second-order valence-electron chi connectivity index (χ2n) is 9.29. The highest BCUT2D eigenvalue weighted by atomic mass is 32.2.